The first kappa shape index (κ1) is 22.8. The number of aliphatic hydroxyl groups is 1. The fourth-order valence-electron chi connectivity index (χ4n) is 6.15. The van der Waals surface area contributed by atoms with Crippen molar-refractivity contribution in [1.29, 1.82) is 0 Å². The van der Waals surface area contributed by atoms with Crippen LogP contribution in [0.3, 0.4) is 0 Å². The second-order valence-electron chi connectivity index (χ2n) is 10.4. The molecular weight excluding hydrogens is 442 g/mol. The number of hydrogen-bond acceptors (Lipinski definition) is 6. The van der Waals surface area contributed by atoms with Crippen molar-refractivity contribution < 1.29 is 14.6 Å². The van der Waals surface area contributed by atoms with Gasteiger partial charge < -0.3 is 24.5 Å². The maximum absolute atomic E-state index is 13.0. The van der Waals surface area contributed by atoms with E-state index in [0.717, 1.165) is 44.1 Å². The van der Waals surface area contributed by atoms with Gasteiger partial charge >= 0.3 is 6.03 Å². The molecule has 2 unspecified atom stereocenters. The highest BCUT2D eigenvalue weighted by atomic mass is 16.5. The molecule has 8 heteroatoms. The highest BCUT2D eigenvalue weighted by Crippen LogP contribution is 2.32. The Balaban J connectivity index is 1.00. The number of fused-ring (bicyclic) bond motifs is 3. The summed E-state index contributed by atoms with van der Waals surface area (Å²) in [6.45, 7) is 6.24. The molecule has 3 atom stereocenters. The van der Waals surface area contributed by atoms with Crippen LogP contribution in [0, 0.1) is 0 Å². The van der Waals surface area contributed by atoms with Gasteiger partial charge in [0.15, 0.2) is 0 Å². The number of carbonyl (C=O) groups is 1. The lowest BCUT2D eigenvalue weighted by Crippen LogP contribution is -2.46. The molecule has 3 saturated heterocycles. The molecule has 1 N–H and O–H groups in total. The van der Waals surface area contributed by atoms with E-state index < -0.39 is 6.10 Å². The molecule has 4 aliphatic rings. The predicted molar refractivity (Wildman–Crippen MR) is 133 cm³/mol. The number of urea groups is 1. The average Bonchev–Trinajstić information content (AvgIpc) is 3.33. The van der Waals surface area contributed by atoms with E-state index in [4.69, 9.17) is 9.72 Å². The number of aliphatic hydroxyl groups excluding tert-OH is 1. The topological polar surface area (TPSA) is 72.4 Å². The summed E-state index contributed by atoms with van der Waals surface area (Å²) in [4.78, 5) is 26.1. The minimum absolute atomic E-state index is 0.00309. The third-order valence-electron chi connectivity index (χ3n) is 7.98. The first-order chi connectivity index (χ1) is 17.1. The summed E-state index contributed by atoms with van der Waals surface area (Å²) in [5, 5.41) is 10.7. The van der Waals surface area contributed by atoms with Gasteiger partial charge in [-0.3, -0.25) is 4.90 Å². The number of amides is 2. The molecule has 1 aromatic heterocycles. The minimum atomic E-state index is -0.547. The van der Waals surface area contributed by atoms with Crippen molar-refractivity contribution >= 4 is 11.8 Å². The molecule has 3 fully saturated rings. The molecule has 2 aromatic rings. The van der Waals surface area contributed by atoms with Crippen LogP contribution < -0.4 is 4.90 Å². The molecule has 186 valence electrons. The Morgan fingerprint density at radius 3 is 2.51 bits per heavy atom. The third-order valence-corrected chi connectivity index (χ3v) is 7.98. The minimum Gasteiger partial charge on any atom is -0.390 e. The van der Waals surface area contributed by atoms with Crippen molar-refractivity contribution in [1.82, 2.24) is 19.7 Å². The lowest BCUT2D eigenvalue weighted by atomic mass is 10.00. The first-order valence-corrected chi connectivity index (χ1v) is 13.0. The van der Waals surface area contributed by atoms with E-state index in [1.54, 1.807) is 4.90 Å². The van der Waals surface area contributed by atoms with Gasteiger partial charge in [0.25, 0.3) is 0 Å². The van der Waals surface area contributed by atoms with Crippen molar-refractivity contribution in [2.24, 2.45) is 0 Å². The smallest absolute Gasteiger partial charge is 0.320 e. The molecule has 1 aromatic carbocycles. The fourth-order valence-corrected chi connectivity index (χ4v) is 6.15. The van der Waals surface area contributed by atoms with E-state index in [1.807, 2.05) is 11.1 Å². The first-order valence-electron chi connectivity index (χ1n) is 13.0. The lowest BCUT2D eigenvalue weighted by Gasteiger charge is -2.35. The van der Waals surface area contributed by atoms with E-state index in [-0.39, 0.29) is 6.03 Å². The number of morpholine rings is 1. The van der Waals surface area contributed by atoms with Crippen LogP contribution in [0.1, 0.15) is 29.5 Å². The monoisotopic (exact) mass is 477 g/mol. The van der Waals surface area contributed by atoms with Gasteiger partial charge in [-0.05, 0) is 42.0 Å². The number of β-amino-alcohol motifs (C(OH)–C–C–N with tert-alkyl or cyclic N) is 1. The number of carbonyl (C=O) groups excluding carboxylic acids is 1. The van der Waals surface area contributed by atoms with Crippen LogP contribution in [-0.4, -0.2) is 94.9 Å². The summed E-state index contributed by atoms with van der Waals surface area (Å²) in [6, 6.07) is 13.6. The molecule has 4 aliphatic heterocycles. The normalized spacial score (nSPS) is 25.3. The molecule has 5 heterocycles. The molecular formula is C27H35N5O3. The van der Waals surface area contributed by atoms with Gasteiger partial charge in [-0.25, -0.2) is 9.78 Å². The van der Waals surface area contributed by atoms with Crippen LogP contribution in [0.4, 0.5) is 10.6 Å². The van der Waals surface area contributed by atoms with Gasteiger partial charge in [-0.2, -0.15) is 0 Å². The Morgan fingerprint density at radius 1 is 0.971 bits per heavy atom. The number of nitrogens with zero attached hydrogens (tertiary/aromatic N) is 5. The predicted octanol–water partition coefficient (Wildman–Crippen LogP) is 2.11. The standard InChI is InChI=1S/C27H35N5O3/c33-25(16-29-10-9-21-3-1-2-4-22(21)15-29)17-31-12-11-30(27(31)34)14-20-5-8-26(28-13-20)32-23-6-7-24(32)19-35-18-23/h1-5,8,13,23-25,33H,6-7,9-12,14-19H2/t23?,24?,25-/m1/s1. The van der Waals surface area contributed by atoms with Gasteiger partial charge in [0.05, 0.1) is 31.4 Å². The Labute approximate surface area is 207 Å². The van der Waals surface area contributed by atoms with Gasteiger partial charge in [0.1, 0.15) is 5.82 Å². The van der Waals surface area contributed by atoms with E-state index in [9.17, 15) is 9.90 Å². The molecule has 0 spiro atoms. The summed E-state index contributed by atoms with van der Waals surface area (Å²) in [5.74, 6) is 1.02. The zero-order chi connectivity index (χ0) is 23.8. The molecule has 2 amide bonds. The van der Waals surface area contributed by atoms with Crippen molar-refractivity contribution in [2.45, 2.75) is 50.5 Å². The number of rotatable bonds is 7. The van der Waals surface area contributed by atoms with E-state index in [0.29, 0.717) is 44.8 Å². The maximum atomic E-state index is 13.0. The summed E-state index contributed by atoms with van der Waals surface area (Å²) < 4.78 is 5.69. The number of ether oxygens (including phenoxy) is 1. The van der Waals surface area contributed by atoms with Gasteiger partial charge in [0.2, 0.25) is 0 Å². The van der Waals surface area contributed by atoms with E-state index in [2.05, 4.69) is 46.2 Å². The lowest BCUT2D eigenvalue weighted by molar-refractivity contribution is 0.0812. The number of aromatic nitrogens is 1. The molecule has 35 heavy (non-hydrogen) atoms. The Hall–Kier alpha value is -2.68. The van der Waals surface area contributed by atoms with Crippen molar-refractivity contribution in [3.8, 4) is 0 Å². The van der Waals surface area contributed by atoms with Crippen molar-refractivity contribution in [2.75, 3.05) is 50.8 Å². The highest BCUT2D eigenvalue weighted by Gasteiger charge is 2.38. The van der Waals surface area contributed by atoms with Gasteiger partial charge in [-0.15, -0.1) is 0 Å². The SMILES string of the molecule is O=C1N(Cc2ccc(N3C4CCC3COC4)nc2)CCN1C[C@H](O)CN1CCc2ccccc2C1. The molecule has 0 aliphatic carbocycles. The largest absolute Gasteiger partial charge is 0.390 e. The highest BCUT2D eigenvalue weighted by molar-refractivity contribution is 5.76. The Bertz CT molecular complexity index is 1030. The summed E-state index contributed by atoms with van der Waals surface area (Å²) >= 11 is 0. The quantitative estimate of drug-likeness (QED) is 0.659. The number of hydrogen-bond donors (Lipinski definition) is 1. The van der Waals surface area contributed by atoms with Crippen LogP contribution >= 0.6 is 0 Å². The summed E-state index contributed by atoms with van der Waals surface area (Å²) in [6.07, 6.45) is 4.71. The Morgan fingerprint density at radius 2 is 1.74 bits per heavy atom. The van der Waals surface area contributed by atoms with Gasteiger partial charge in [-0.1, -0.05) is 30.3 Å². The van der Waals surface area contributed by atoms with Crippen LogP contribution in [0.2, 0.25) is 0 Å². The van der Waals surface area contributed by atoms with Gasteiger partial charge in [0, 0.05) is 52.0 Å². The molecule has 2 bridgehead atoms. The molecule has 0 saturated carbocycles. The van der Waals surface area contributed by atoms with Crippen molar-refractivity contribution in [3.63, 3.8) is 0 Å². The van der Waals surface area contributed by atoms with Crippen LogP contribution in [0.5, 0.6) is 0 Å². The van der Waals surface area contributed by atoms with Crippen LogP contribution in [0.15, 0.2) is 42.6 Å². The summed E-state index contributed by atoms with van der Waals surface area (Å²) in [5.41, 5.74) is 3.79. The molecule has 0 radical (unpaired) electrons. The fraction of sp³-hybridized carbons (Fsp3) is 0.556. The van der Waals surface area contributed by atoms with E-state index >= 15 is 0 Å². The zero-order valence-corrected chi connectivity index (χ0v) is 20.3. The number of anilines is 1. The number of pyridine rings is 1. The van der Waals surface area contributed by atoms with E-state index in [1.165, 1.54) is 24.0 Å². The second kappa shape index (κ2) is 9.76. The second-order valence-corrected chi connectivity index (χ2v) is 10.4. The Kier molecular flexibility index (Phi) is 6.35. The molecule has 6 rings (SSSR count). The average molecular weight is 478 g/mol. The third kappa shape index (κ3) is 4.75. The van der Waals surface area contributed by atoms with Crippen LogP contribution in [-0.2, 0) is 24.2 Å². The van der Waals surface area contributed by atoms with Crippen molar-refractivity contribution in [3.05, 3.63) is 59.3 Å². The maximum Gasteiger partial charge on any atom is 0.320 e. The zero-order valence-electron chi connectivity index (χ0n) is 20.3. The molecule has 8 nitrogen and oxygen atoms in total. The van der Waals surface area contributed by atoms with Crippen LogP contribution in [0.25, 0.3) is 0 Å². The number of benzene rings is 1. The summed E-state index contributed by atoms with van der Waals surface area (Å²) in [7, 11) is 0.